The van der Waals surface area contributed by atoms with Crippen molar-refractivity contribution >= 4 is 17.4 Å². The van der Waals surface area contributed by atoms with E-state index in [1.807, 2.05) is 97.9 Å². The average Bonchev–Trinajstić information content (AvgIpc) is 3.48. The summed E-state index contributed by atoms with van der Waals surface area (Å²) >= 11 is 0. The van der Waals surface area contributed by atoms with Crippen LogP contribution in [0.1, 0.15) is 40.8 Å². The number of aliphatic hydroxyl groups is 1. The quantitative estimate of drug-likeness (QED) is 0.174. The van der Waals surface area contributed by atoms with Gasteiger partial charge >= 0.3 is 0 Å². The number of ether oxygens (including phenoxy) is 2. The van der Waals surface area contributed by atoms with Crippen molar-refractivity contribution in [2.24, 2.45) is 0 Å². The first-order valence-corrected chi connectivity index (χ1v) is 13.4. The summed E-state index contributed by atoms with van der Waals surface area (Å²) in [6.07, 6.45) is 0.755. The van der Waals surface area contributed by atoms with Crippen molar-refractivity contribution < 1.29 is 24.2 Å². The van der Waals surface area contributed by atoms with Gasteiger partial charge < -0.3 is 19.5 Å². The lowest BCUT2D eigenvalue weighted by Crippen LogP contribution is -2.29. The summed E-state index contributed by atoms with van der Waals surface area (Å²) in [7, 11) is 0. The van der Waals surface area contributed by atoms with Gasteiger partial charge in [0.25, 0.3) is 11.7 Å². The number of aliphatic hydroxyl groups excluding tert-OH is 1. The van der Waals surface area contributed by atoms with Gasteiger partial charge in [-0.15, -0.1) is 0 Å². The standard InChI is InChI=1S/C34H29NO5/c1-22-17-27-18-26(15-16-29(27)40-22)32(36)30-31(35(34(38)33(30)37)20-23-9-4-2-5-10-23)25-13-8-14-28(19-25)39-21-24-11-6-3-7-12-24/h2-16,18-19,22,31,36H,17,20-21H2,1H3/b32-30-. The molecule has 2 aliphatic rings. The van der Waals surface area contributed by atoms with Crippen LogP contribution in [0.15, 0.2) is 109 Å². The fourth-order valence-corrected chi connectivity index (χ4v) is 5.41. The van der Waals surface area contributed by atoms with E-state index in [0.717, 1.165) is 22.4 Å². The molecule has 0 saturated carbocycles. The van der Waals surface area contributed by atoms with Gasteiger partial charge in [0.05, 0.1) is 11.6 Å². The zero-order valence-electron chi connectivity index (χ0n) is 22.1. The SMILES string of the molecule is CC1Cc2cc(/C(O)=C3/C(=O)C(=O)N(Cc4ccccc4)C3c3cccc(OCc4ccccc4)c3)ccc2O1. The van der Waals surface area contributed by atoms with E-state index in [1.165, 1.54) is 4.90 Å². The van der Waals surface area contributed by atoms with Crippen LogP contribution in [0.3, 0.4) is 0 Å². The molecule has 0 aromatic heterocycles. The van der Waals surface area contributed by atoms with Gasteiger partial charge in [-0.25, -0.2) is 0 Å². The highest BCUT2D eigenvalue weighted by Crippen LogP contribution is 2.42. The Morgan fingerprint density at radius 2 is 1.62 bits per heavy atom. The molecule has 0 aliphatic carbocycles. The molecule has 2 aliphatic heterocycles. The molecule has 6 nitrogen and oxygen atoms in total. The third-order valence-corrected chi connectivity index (χ3v) is 7.33. The Kier molecular flexibility index (Phi) is 6.83. The second kappa shape index (κ2) is 10.7. The Morgan fingerprint density at radius 1 is 0.900 bits per heavy atom. The van der Waals surface area contributed by atoms with Crippen molar-refractivity contribution in [2.75, 3.05) is 0 Å². The van der Waals surface area contributed by atoms with Gasteiger partial charge in [-0.05, 0) is 59.5 Å². The molecule has 2 heterocycles. The van der Waals surface area contributed by atoms with Crippen molar-refractivity contribution in [3.05, 3.63) is 137 Å². The molecule has 0 radical (unpaired) electrons. The maximum Gasteiger partial charge on any atom is 0.295 e. The summed E-state index contributed by atoms with van der Waals surface area (Å²) < 4.78 is 11.9. The van der Waals surface area contributed by atoms with E-state index in [1.54, 1.807) is 12.1 Å². The summed E-state index contributed by atoms with van der Waals surface area (Å²) in [6, 6.07) is 31.3. The fraction of sp³-hybridized carbons (Fsp3) is 0.176. The molecule has 4 aromatic rings. The number of ketones is 1. The number of hydrogen-bond donors (Lipinski definition) is 1. The third-order valence-electron chi connectivity index (χ3n) is 7.33. The minimum absolute atomic E-state index is 0.0440. The summed E-state index contributed by atoms with van der Waals surface area (Å²) in [5, 5.41) is 11.6. The molecular formula is C34H29NO5. The molecule has 1 N–H and O–H groups in total. The Labute approximate surface area is 233 Å². The lowest BCUT2D eigenvalue weighted by molar-refractivity contribution is -0.140. The molecule has 200 valence electrons. The van der Waals surface area contributed by atoms with Crippen LogP contribution in [0, 0.1) is 0 Å². The van der Waals surface area contributed by atoms with Crippen LogP contribution in [0.25, 0.3) is 5.76 Å². The van der Waals surface area contributed by atoms with Crippen LogP contribution in [-0.2, 0) is 29.2 Å². The number of hydrogen-bond acceptors (Lipinski definition) is 5. The third kappa shape index (κ3) is 4.96. The highest BCUT2D eigenvalue weighted by molar-refractivity contribution is 6.46. The first-order valence-electron chi connectivity index (χ1n) is 13.4. The smallest absolute Gasteiger partial charge is 0.295 e. The van der Waals surface area contributed by atoms with Crippen LogP contribution in [0.2, 0.25) is 0 Å². The van der Waals surface area contributed by atoms with Crippen LogP contribution in [-0.4, -0.2) is 27.8 Å². The van der Waals surface area contributed by atoms with Crippen molar-refractivity contribution in [3.8, 4) is 11.5 Å². The molecular weight excluding hydrogens is 502 g/mol. The van der Waals surface area contributed by atoms with E-state index in [4.69, 9.17) is 9.47 Å². The number of carbonyl (C=O) groups excluding carboxylic acids is 2. The van der Waals surface area contributed by atoms with Gasteiger partial charge in [0.2, 0.25) is 0 Å². The molecule has 4 aromatic carbocycles. The molecule has 6 rings (SSSR count). The maximum atomic E-state index is 13.5. The molecule has 2 unspecified atom stereocenters. The molecule has 1 fully saturated rings. The first kappa shape index (κ1) is 25.4. The highest BCUT2D eigenvalue weighted by Gasteiger charge is 2.46. The predicted octanol–water partition coefficient (Wildman–Crippen LogP) is 6.21. The zero-order chi connectivity index (χ0) is 27.6. The minimum atomic E-state index is -0.788. The Bertz CT molecular complexity index is 1600. The average molecular weight is 532 g/mol. The summed E-state index contributed by atoms with van der Waals surface area (Å²) in [4.78, 5) is 28.5. The van der Waals surface area contributed by atoms with E-state index in [9.17, 15) is 14.7 Å². The summed E-state index contributed by atoms with van der Waals surface area (Å²) in [5.74, 6) is -0.177. The number of fused-ring (bicyclic) bond motifs is 1. The Balaban J connectivity index is 1.41. The van der Waals surface area contributed by atoms with E-state index in [-0.39, 0.29) is 24.0 Å². The van der Waals surface area contributed by atoms with E-state index in [2.05, 4.69) is 0 Å². The van der Waals surface area contributed by atoms with Gasteiger partial charge in [0.15, 0.2) is 0 Å². The number of benzene rings is 4. The predicted molar refractivity (Wildman–Crippen MR) is 152 cm³/mol. The summed E-state index contributed by atoms with van der Waals surface area (Å²) in [5.41, 5.74) is 4.10. The molecule has 40 heavy (non-hydrogen) atoms. The molecule has 0 spiro atoms. The van der Waals surface area contributed by atoms with Crippen LogP contribution >= 0.6 is 0 Å². The van der Waals surface area contributed by atoms with Gasteiger partial charge in [0.1, 0.15) is 30.0 Å². The van der Waals surface area contributed by atoms with Crippen molar-refractivity contribution in [1.29, 1.82) is 0 Å². The highest BCUT2D eigenvalue weighted by atomic mass is 16.5. The van der Waals surface area contributed by atoms with Crippen molar-refractivity contribution in [3.63, 3.8) is 0 Å². The number of Topliss-reactive ketones (excluding diaryl/α,β-unsaturated/α-hetero) is 1. The molecule has 6 heteroatoms. The summed E-state index contributed by atoms with van der Waals surface area (Å²) in [6.45, 7) is 2.59. The normalized spacial score (nSPS) is 19.4. The molecule has 1 amide bonds. The maximum absolute atomic E-state index is 13.5. The van der Waals surface area contributed by atoms with E-state index in [0.29, 0.717) is 29.9 Å². The van der Waals surface area contributed by atoms with E-state index >= 15 is 0 Å². The van der Waals surface area contributed by atoms with Crippen LogP contribution in [0.4, 0.5) is 0 Å². The number of likely N-dealkylation sites (tertiary alicyclic amines) is 1. The second-order valence-corrected chi connectivity index (χ2v) is 10.2. The van der Waals surface area contributed by atoms with Gasteiger partial charge in [-0.3, -0.25) is 9.59 Å². The van der Waals surface area contributed by atoms with Gasteiger partial charge in [-0.1, -0.05) is 72.8 Å². The lowest BCUT2D eigenvalue weighted by atomic mass is 9.94. The van der Waals surface area contributed by atoms with Gasteiger partial charge in [0, 0.05) is 18.5 Å². The topological polar surface area (TPSA) is 76.1 Å². The second-order valence-electron chi connectivity index (χ2n) is 10.2. The molecule has 0 bridgehead atoms. The number of nitrogens with zero attached hydrogens (tertiary/aromatic N) is 1. The Hall–Kier alpha value is -4.84. The van der Waals surface area contributed by atoms with Crippen LogP contribution in [0.5, 0.6) is 11.5 Å². The first-order chi connectivity index (χ1) is 19.5. The number of amides is 1. The lowest BCUT2D eigenvalue weighted by Gasteiger charge is -2.26. The largest absolute Gasteiger partial charge is 0.507 e. The molecule has 2 atom stereocenters. The number of rotatable bonds is 7. The molecule has 1 saturated heterocycles. The minimum Gasteiger partial charge on any atom is -0.507 e. The number of carbonyl (C=O) groups is 2. The van der Waals surface area contributed by atoms with E-state index < -0.39 is 17.7 Å². The van der Waals surface area contributed by atoms with Gasteiger partial charge in [-0.2, -0.15) is 0 Å². The zero-order valence-corrected chi connectivity index (χ0v) is 22.1. The fourth-order valence-electron chi connectivity index (χ4n) is 5.41. The van der Waals surface area contributed by atoms with Crippen molar-refractivity contribution in [1.82, 2.24) is 4.90 Å². The monoisotopic (exact) mass is 531 g/mol. The van der Waals surface area contributed by atoms with Crippen molar-refractivity contribution in [2.45, 2.75) is 38.6 Å². The van der Waals surface area contributed by atoms with Crippen LogP contribution < -0.4 is 9.47 Å². The Morgan fingerprint density at radius 3 is 2.38 bits per heavy atom.